The van der Waals surface area contributed by atoms with Gasteiger partial charge in [0.25, 0.3) is 5.43 Å². The number of aromatic nitrogens is 1. The van der Waals surface area contributed by atoms with Crippen molar-refractivity contribution in [2.75, 3.05) is 7.11 Å². The van der Waals surface area contributed by atoms with Crippen LogP contribution in [-0.2, 0) is 0 Å². The maximum Gasteiger partial charge on any atom is 0.352 e. The third-order valence-electron chi connectivity index (χ3n) is 3.52. The second kappa shape index (κ2) is 6.48. The molecule has 3 aromatic rings. The first kappa shape index (κ1) is 16.3. The van der Waals surface area contributed by atoms with Crippen molar-refractivity contribution in [3.05, 3.63) is 74.7 Å². The molecule has 0 aliphatic heterocycles. The van der Waals surface area contributed by atoms with Gasteiger partial charge in [0.1, 0.15) is 11.4 Å². The number of aromatic carboxylic acids is 1. The zero-order chi connectivity index (χ0) is 18.0. The van der Waals surface area contributed by atoms with Crippen molar-refractivity contribution in [2.24, 2.45) is 0 Å². The standard InChI is InChI=1S/C18H13NO6/c1-24-15-7-11-12(19-13(18(22)23)8-14(11)20)9-16(17(15)21)25-10-5-3-2-4-6-10/h2-9H,1H3,(H,19,20)(H,22,23). The maximum absolute atomic E-state index is 12.6. The molecule has 0 radical (unpaired) electrons. The van der Waals surface area contributed by atoms with Crippen LogP contribution in [0.5, 0.6) is 17.2 Å². The Bertz CT molecular complexity index is 1070. The smallest absolute Gasteiger partial charge is 0.352 e. The number of H-pyrrole nitrogens is 1. The summed E-state index contributed by atoms with van der Waals surface area (Å²) in [6, 6.07) is 12.1. The molecule has 0 saturated carbocycles. The molecule has 0 saturated heterocycles. The fourth-order valence-electron chi connectivity index (χ4n) is 2.33. The lowest BCUT2D eigenvalue weighted by Gasteiger charge is -2.03. The highest BCUT2D eigenvalue weighted by molar-refractivity contribution is 5.90. The summed E-state index contributed by atoms with van der Waals surface area (Å²) in [6.45, 7) is 0. The van der Waals surface area contributed by atoms with Crippen molar-refractivity contribution in [1.82, 2.24) is 4.98 Å². The Hall–Kier alpha value is -3.61. The number of hydrogen-bond donors (Lipinski definition) is 2. The van der Waals surface area contributed by atoms with E-state index >= 15 is 0 Å². The molecule has 2 aromatic carbocycles. The van der Waals surface area contributed by atoms with Crippen LogP contribution in [0.1, 0.15) is 10.5 Å². The molecule has 126 valence electrons. The number of fused-ring (bicyclic) bond motifs is 1. The predicted molar refractivity (Wildman–Crippen MR) is 90.9 cm³/mol. The molecule has 25 heavy (non-hydrogen) atoms. The number of methoxy groups -OCH3 is 1. The van der Waals surface area contributed by atoms with E-state index in [0.717, 1.165) is 6.07 Å². The normalized spacial score (nSPS) is 10.4. The molecule has 3 rings (SSSR count). The van der Waals surface area contributed by atoms with Crippen LogP contribution in [0.4, 0.5) is 0 Å². The number of aromatic amines is 1. The van der Waals surface area contributed by atoms with E-state index in [2.05, 4.69) is 4.98 Å². The van der Waals surface area contributed by atoms with Crippen molar-refractivity contribution in [3.8, 4) is 17.2 Å². The van der Waals surface area contributed by atoms with Gasteiger partial charge in [0.2, 0.25) is 0 Å². The number of carboxylic acid groups (broad SMARTS) is 1. The number of ether oxygens (including phenoxy) is 2. The van der Waals surface area contributed by atoms with Gasteiger partial charge >= 0.3 is 5.97 Å². The molecule has 0 bridgehead atoms. The number of pyridine rings is 1. The van der Waals surface area contributed by atoms with Crippen LogP contribution in [0.3, 0.4) is 0 Å². The van der Waals surface area contributed by atoms with Crippen molar-refractivity contribution in [2.45, 2.75) is 0 Å². The molecular formula is C18H13NO6. The first-order valence-electron chi connectivity index (χ1n) is 7.25. The highest BCUT2D eigenvalue weighted by atomic mass is 16.5. The van der Waals surface area contributed by atoms with Crippen LogP contribution in [0.15, 0.2) is 58.1 Å². The summed E-state index contributed by atoms with van der Waals surface area (Å²) in [6.07, 6.45) is 0. The maximum atomic E-state index is 12.6. The molecule has 0 spiro atoms. The molecule has 0 aliphatic carbocycles. The predicted octanol–water partition coefficient (Wildman–Crippen LogP) is 2.39. The van der Waals surface area contributed by atoms with Gasteiger partial charge in [-0.15, -0.1) is 0 Å². The van der Waals surface area contributed by atoms with Crippen LogP contribution >= 0.6 is 0 Å². The average molecular weight is 339 g/mol. The summed E-state index contributed by atoms with van der Waals surface area (Å²) in [7, 11) is 1.30. The van der Waals surface area contributed by atoms with E-state index in [9.17, 15) is 14.4 Å². The molecule has 0 fully saturated rings. The summed E-state index contributed by atoms with van der Waals surface area (Å²) in [5.41, 5.74) is -1.25. The molecule has 2 N–H and O–H groups in total. The SMILES string of the molecule is COc1cc2c(=O)cc(C(=O)O)[nH]c2cc(Oc2ccccc2)c1=O. The highest BCUT2D eigenvalue weighted by Crippen LogP contribution is 2.22. The third kappa shape index (κ3) is 3.20. The van der Waals surface area contributed by atoms with Crippen molar-refractivity contribution in [3.63, 3.8) is 0 Å². The summed E-state index contributed by atoms with van der Waals surface area (Å²) in [5, 5.41) is 9.22. The molecule has 7 heteroatoms. The Labute approximate surface area is 141 Å². The number of benzene rings is 1. The Kier molecular flexibility index (Phi) is 4.21. The Balaban J connectivity index is 2.32. The minimum absolute atomic E-state index is 0.0884. The molecule has 1 aromatic heterocycles. The van der Waals surface area contributed by atoms with Crippen LogP contribution in [0.25, 0.3) is 10.9 Å². The molecule has 0 aliphatic rings. The van der Waals surface area contributed by atoms with Crippen LogP contribution in [0.2, 0.25) is 0 Å². The van der Waals surface area contributed by atoms with Gasteiger partial charge < -0.3 is 19.6 Å². The van der Waals surface area contributed by atoms with Gasteiger partial charge in [-0.3, -0.25) is 9.59 Å². The number of nitrogens with one attached hydrogen (secondary N) is 1. The minimum atomic E-state index is -1.29. The van der Waals surface area contributed by atoms with Crippen molar-refractivity contribution in [1.29, 1.82) is 0 Å². The molecule has 0 atom stereocenters. The zero-order valence-electron chi connectivity index (χ0n) is 13.1. The number of carboxylic acids is 1. The zero-order valence-corrected chi connectivity index (χ0v) is 13.1. The van der Waals surface area contributed by atoms with Crippen molar-refractivity contribution < 1.29 is 19.4 Å². The van der Waals surface area contributed by atoms with Crippen molar-refractivity contribution >= 4 is 16.9 Å². The largest absolute Gasteiger partial charge is 0.492 e. The fraction of sp³-hybridized carbons (Fsp3) is 0.0556. The van der Waals surface area contributed by atoms with Gasteiger partial charge in [0, 0.05) is 17.5 Å². The lowest BCUT2D eigenvalue weighted by molar-refractivity contribution is 0.0691. The van der Waals surface area contributed by atoms with E-state index in [1.54, 1.807) is 30.3 Å². The first-order chi connectivity index (χ1) is 12.0. The Morgan fingerprint density at radius 1 is 1.04 bits per heavy atom. The van der Waals surface area contributed by atoms with E-state index in [-0.39, 0.29) is 28.1 Å². The lowest BCUT2D eigenvalue weighted by Crippen LogP contribution is -2.08. The Morgan fingerprint density at radius 3 is 2.40 bits per heavy atom. The lowest BCUT2D eigenvalue weighted by atomic mass is 10.2. The van der Waals surface area contributed by atoms with Gasteiger partial charge in [-0.2, -0.15) is 0 Å². The quantitative estimate of drug-likeness (QED) is 0.756. The van der Waals surface area contributed by atoms with E-state index in [1.807, 2.05) is 0 Å². The van der Waals surface area contributed by atoms with E-state index in [1.165, 1.54) is 19.2 Å². The summed E-state index contributed by atoms with van der Waals surface area (Å²) in [5.74, 6) is -1.06. The molecule has 0 unspecified atom stereocenters. The van der Waals surface area contributed by atoms with Gasteiger partial charge in [0.15, 0.2) is 16.9 Å². The van der Waals surface area contributed by atoms with Gasteiger partial charge in [0.05, 0.1) is 12.6 Å². The van der Waals surface area contributed by atoms with Gasteiger partial charge in [-0.1, -0.05) is 18.2 Å². The summed E-state index contributed by atoms with van der Waals surface area (Å²) >= 11 is 0. The molecule has 7 nitrogen and oxygen atoms in total. The van der Waals surface area contributed by atoms with Crippen LogP contribution < -0.4 is 20.3 Å². The third-order valence-corrected chi connectivity index (χ3v) is 3.52. The summed E-state index contributed by atoms with van der Waals surface area (Å²) in [4.78, 5) is 38.5. The number of hydrogen-bond acceptors (Lipinski definition) is 5. The monoisotopic (exact) mass is 339 g/mol. The van der Waals surface area contributed by atoms with Gasteiger partial charge in [-0.05, 0) is 18.2 Å². The molecule has 0 amide bonds. The van der Waals surface area contributed by atoms with Crippen LogP contribution in [-0.4, -0.2) is 23.2 Å². The average Bonchev–Trinajstić information content (AvgIpc) is 2.73. The fourth-order valence-corrected chi connectivity index (χ4v) is 2.33. The highest BCUT2D eigenvalue weighted by Gasteiger charge is 2.13. The molecular weight excluding hydrogens is 326 g/mol. The number of rotatable bonds is 4. The van der Waals surface area contributed by atoms with E-state index < -0.39 is 16.8 Å². The number of para-hydroxylation sites is 1. The van der Waals surface area contributed by atoms with Gasteiger partial charge in [-0.25, -0.2) is 4.79 Å². The van der Waals surface area contributed by atoms with E-state index in [0.29, 0.717) is 5.75 Å². The molecule has 1 heterocycles. The Morgan fingerprint density at radius 2 is 1.76 bits per heavy atom. The van der Waals surface area contributed by atoms with E-state index in [4.69, 9.17) is 14.6 Å². The minimum Gasteiger partial charge on any atom is -0.492 e. The van der Waals surface area contributed by atoms with Crippen LogP contribution in [0, 0.1) is 0 Å². The summed E-state index contributed by atoms with van der Waals surface area (Å²) < 4.78 is 10.7. The second-order valence-electron chi connectivity index (χ2n) is 5.15. The topological polar surface area (TPSA) is 106 Å². The number of carbonyl (C=O) groups is 1. The first-order valence-corrected chi connectivity index (χ1v) is 7.25. The second-order valence-corrected chi connectivity index (χ2v) is 5.15.